The van der Waals surface area contributed by atoms with Gasteiger partial charge >= 0.3 is 11.9 Å². The van der Waals surface area contributed by atoms with Crippen LogP contribution >= 0.6 is 0 Å². The van der Waals surface area contributed by atoms with Crippen molar-refractivity contribution >= 4 is 17.9 Å². The maximum absolute atomic E-state index is 12.7. The van der Waals surface area contributed by atoms with Gasteiger partial charge in [0.25, 0.3) is 0 Å². The first-order chi connectivity index (χ1) is 29.6. The van der Waals surface area contributed by atoms with Crippen molar-refractivity contribution in [2.45, 2.75) is 257 Å². The molecule has 2 atom stereocenters. The molecule has 2 unspecified atom stereocenters. The van der Waals surface area contributed by atoms with E-state index < -0.39 is 24.3 Å². The second kappa shape index (κ2) is 44.6. The van der Waals surface area contributed by atoms with Crippen LogP contribution in [-0.2, 0) is 33.3 Å². The molecule has 0 aliphatic heterocycles. The van der Waals surface area contributed by atoms with Gasteiger partial charge < -0.3 is 33.3 Å². The van der Waals surface area contributed by atoms with Crippen molar-refractivity contribution in [1.82, 2.24) is 0 Å². The molecule has 0 aromatic carbocycles. The highest BCUT2D eigenvalue weighted by molar-refractivity contribution is 5.70. The molecule has 0 heterocycles. The fraction of sp³-hybridized carbons (Fsp3) is 0.904. The van der Waals surface area contributed by atoms with E-state index in [1.165, 1.54) is 180 Å². The van der Waals surface area contributed by atoms with Crippen molar-refractivity contribution in [2.24, 2.45) is 0 Å². The highest BCUT2D eigenvalue weighted by Crippen LogP contribution is 2.16. The summed E-state index contributed by atoms with van der Waals surface area (Å²) in [5.74, 6) is -2.28. The molecule has 9 nitrogen and oxygen atoms in total. The smallest absolute Gasteiger partial charge is 0.306 e. The van der Waals surface area contributed by atoms with Gasteiger partial charge in [-0.2, -0.15) is 0 Å². The summed E-state index contributed by atoms with van der Waals surface area (Å²) in [7, 11) is 5.91. The van der Waals surface area contributed by atoms with Gasteiger partial charge in [0.1, 0.15) is 13.2 Å². The first-order valence-corrected chi connectivity index (χ1v) is 25.8. The number of allylic oxidation sites excluding steroid dienone is 2. The number of hydrogen-bond donors (Lipinski definition) is 0. The number of unbranched alkanes of at least 4 members (excludes halogenated alkanes) is 31. The van der Waals surface area contributed by atoms with Gasteiger partial charge in [0.15, 0.2) is 12.4 Å². The van der Waals surface area contributed by atoms with Crippen LogP contribution in [0.15, 0.2) is 12.2 Å². The SMILES string of the molecule is CCCCCCCCCC/C=C\CCCCCCCCCCCCCCCCCCCC(=O)OC(COC(=O)CCCCCCCCC)COC(OCC[N+](C)(C)C)C(=O)[O-]. The first kappa shape index (κ1) is 59.0. The van der Waals surface area contributed by atoms with E-state index in [1.54, 1.807) is 0 Å². The molecule has 0 saturated carbocycles. The molecule has 0 aliphatic carbocycles. The number of hydrogen-bond acceptors (Lipinski definition) is 8. The Labute approximate surface area is 376 Å². The van der Waals surface area contributed by atoms with Gasteiger partial charge in [-0.1, -0.05) is 206 Å². The first-order valence-electron chi connectivity index (χ1n) is 25.8. The molecule has 0 rings (SSSR count). The van der Waals surface area contributed by atoms with E-state index in [1.807, 2.05) is 21.1 Å². The van der Waals surface area contributed by atoms with E-state index in [2.05, 4.69) is 26.0 Å². The van der Waals surface area contributed by atoms with E-state index in [9.17, 15) is 19.5 Å². The van der Waals surface area contributed by atoms with E-state index >= 15 is 0 Å². The number of carbonyl (C=O) groups excluding carboxylic acids is 3. The molecule has 0 bridgehead atoms. The number of quaternary nitrogens is 1. The van der Waals surface area contributed by atoms with Gasteiger partial charge in [0.2, 0.25) is 0 Å². The molecule has 0 fully saturated rings. The summed E-state index contributed by atoms with van der Waals surface area (Å²) in [5.41, 5.74) is 0. The van der Waals surface area contributed by atoms with Crippen LogP contribution in [0.1, 0.15) is 245 Å². The summed E-state index contributed by atoms with van der Waals surface area (Å²) in [5, 5.41) is 11.7. The number of carbonyl (C=O) groups is 3. The zero-order valence-electron chi connectivity index (χ0n) is 40.8. The van der Waals surface area contributed by atoms with Crippen LogP contribution in [0.5, 0.6) is 0 Å². The third-order valence-electron chi connectivity index (χ3n) is 11.5. The number of carboxylic acids is 1. The Kier molecular flexibility index (Phi) is 43.2. The quantitative estimate of drug-likeness (QED) is 0.0195. The van der Waals surface area contributed by atoms with Gasteiger partial charge in [-0.05, 0) is 38.5 Å². The lowest BCUT2D eigenvalue weighted by Gasteiger charge is -2.26. The number of rotatable bonds is 48. The Morgan fingerprint density at radius 1 is 0.475 bits per heavy atom. The lowest BCUT2D eigenvalue weighted by molar-refractivity contribution is -0.870. The zero-order chi connectivity index (χ0) is 44.9. The molecular formula is C52H99NO8. The average Bonchev–Trinajstić information content (AvgIpc) is 3.22. The maximum atomic E-state index is 12.7. The number of likely N-dealkylation sites (N-methyl/N-ethyl adjacent to an activating group) is 1. The van der Waals surface area contributed by atoms with Crippen LogP contribution in [0.2, 0.25) is 0 Å². The summed E-state index contributed by atoms with van der Waals surface area (Å²) < 4.78 is 22.5. The topological polar surface area (TPSA) is 111 Å². The highest BCUT2D eigenvalue weighted by atomic mass is 16.7. The van der Waals surface area contributed by atoms with Crippen molar-refractivity contribution in [1.29, 1.82) is 0 Å². The summed E-state index contributed by atoms with van der Waals surface area (Å²) in [6.45, 7) is 4.72. The number of ether oxygens (including phenoxy) is 4. The molecule has 0 spiro atoms. The molecule has 0 saturated heterocycles. The monoisotopic (exact) mass is 866 g/mol. The Hall–Kier alpha value is -1.97. The second-order valence-electron chi connectivity index (χ2n) is 18.8. The minimum Gasteiger partial charge on any atom is -0.545 e. The predicted octanol–water partition coefficient (Wildman–Crippen LogP) is 12.9. The number of aliphatic carboxylic acids is 1. The Balaban J connectivity index is 4.01. The van der Waals surface area contributed by atoms with Gasteiger partial charge in [-0.3, -0.25) is 9.59 Å². The average molecular weight is 866 g/mol. The van der Waals surface area contributed by atoms with Gasteiger partial charge in [0, 0.05) is 12.8 Å². The van der Waals surface area contributed by atoms with Crippen molar-refractivity contribution in [3.8, 4) is 0 Å². The Morgan fingerprint density at radius 2 is 0.836 bits per heavy atom. The summed E-state index contributed by atoms with van der Waals surface area (Å²) in [6, 6.07) is 0. The van der Waals surface area contributed by atoms with E-state index in [0.29, 0.717) is 17.4 Å². The van der Waals surface area contributed by atoms with E-state index in [4.69, 9.17) is 18.9 Å². The molecule has 360 valence electrons. The molecule has 0 amide bonds. The van der Waals surface area contributed by atoms with Crippen LogP contribution in [-0.4, -0.2) is 82.3 Å². The molecular weight excluding hydrogens is 767 g/mol. The molecule has 0 N–H and O–H groups in total. The molecule has 9 heteroatoms. The second-order valence-corrected chi connectivity index (χ2v) is 18.8. The molecule has 0 aromatic heterocycles. The lowest BCUT2D eigenvalue weighted by Crippen LogP contribution is -2.44. The minimum absolute atomic E-state index is 0.151. The molecule has 0 aromatic rings. The Morgan fingerprint density at radius 3 is 1.21 bits per heavy atom. The fourth-order valence-corrected chi connectivity index (χ4v) is 7.47. The van der Waals surface area contributed by atoms with Crippen molar-refractivity contribution < 1.29 is 42.9 Å². The molecule has 61 heavy (non-hydrogen) atoms. The van der Waals surface area contributed by atoms with Crippen LogP contribution in [0.25, 0.3) is 0 Å². The van der Waals surface area contributed by atoms with Crippen LogP contribution in [0.3, 0.4) is 0 Å². The Bertz CT molecular complexity index is 1010. The predicted molar refractivity (Wildman–Crippen MR) is 251 cm³/mol. The van der Waals surface area contributed by atoms with Crippen molar-refractivity contribution in [3.63, 3.8) is 0 Å². The fourth-order valence-electron chi connectivity index (χ4n) is 7.47. The molecule has 0 radical (unpaired) electrons. The third kappa shape index (κ3) is 45.9. The number of esters is 2. The van der Waals surface area contributed by atoms with E-state index in [-0.39, 0.29) is 32.2 Å². The van der Waals surface area contributed by atoms with Crippen LogP contribution in [0.4, 0.5) is 0 Å². The van der Waals surface area contributed by atoms with Crippen LogP contribution in [0, 0.1) is 0 Å². The summed E-state index contributed by atoms with van der Waals surface area (Å²) in [4.78, 5) is 36.8. The maximum Gasteiger partial charge on any atom is 0.306 e. The normalized spacial score (nSPS) is 12.9. The highest BCUT2D eigenvalue weighted by Gasteiger charge is 2.22. The van der Waals surface area contributed by atoms with E-state index in [0.717, 1.165) is 38.5 Å². The van der Waals surface area contributed by atoms with Crippen molar-refractivity contribution in [3.05, 3.63) is 12.2 Å². The number of nitrogens with zero attached hydrogens (tertiary/aromatic N) is 1. The van der Waals surface area contributed by atoms with Crippen LogP contribution < -0.4 is 5.11 Å². The lowest BCUT2D eigenvalue weighted by atomic mass is 10.0. The minimum atomic E-state index is -1.61. The van der Waals surface area contributed by atoms with Gasteiger partial charge in [0.05, 0.1) is 40.3 Å². The van der Waals surface area contributed by atoms with Gasteiger partial charge in [-0.15, -0.1) is 0 Å². The molecule has 0 aliphatic rings. The largest absolute Gasteiger partial charge is 0.545 e. The number of carboxylic acid groups (broad SMARTS) is 1. The standard InChI is InChI=1S/C52H99NO8/c1-6-8-10-12-14-15-16-17-18-19-20-21-22-23-24-25-26-27-28-29-30-31-32-33-34-35-37-39-41-43-50(55)61-48(46-59-49(54)42-40-38-36-13-11-9-7-2)47-60-52(51(56)57)58-45-44-53(3,4)5/h19-20,48,52H,6-18,21-47H2,1-5H3/b20-19-. The zero-order valence-corrected chi connectivity index (χ0v) is 40.8. The van der Waals surface area contributed by atoms with Crippen molar-refractivity contribution in [2.75, 3.05) is 47.5 Å². The van der Waals surface area contributed by atoms with Gasteiger partial charge in [-0.25, -0.2) is 0 Å². The summed E-state index contributed by atoms with van der Waals surface area (Å²) in [6.07, 6.45) is 45.8. The third-order valence-corrected chi connectivity index (χ3v) is 11.5. The summed E-state index contributed by atoms with van der Waals surface area (Å²) >= 11 is 0.